The Morgan fingerprint density at radius 1 is 0.902 bits per heavy atom. The first-order chi connectivity index (χ1) is 19.4. The first-order valence-electron chi connectivity index (χ1n) is 13.3. The van der Waals surface area contributed by atoms with E-state index >= 15 is 0 Å². The molecular weight excluding hydrogens is 542 g/mol. The Hall–Kier alpha value is -4.05. The van der Waals surface area contributed by atoms with E-state index in [2.05, 4.69) is 5.32 Å². The molecule has 41 heavy (non-hydrogen) atoms. The molecule has 3 aromatic carbocycles. The van der Waals surface area contributed by atoms with Gasteiger partial charge in [0.1, 0.15) is 24.1 Å². The Balaban J connectivity index is 2.09. The number of ether oxygens (including phenoxy) is 2. The molecule has 3 aromatic rings. The maximum atomic E-state index is 14.2. The summed E-state index contributed by atoms with van der Waals surface area (Å²) in [5.74, 6) is -0.154. The number of benzene rings is 3. The van der Waals surface area contributed by atoms with E-state index in [4.69, 9.17) is 9.47 Å². The number of methoxy groups -OCH3 is 2. The van der Waals surface area contributed by atoms with Crippen molar-refractivity contribution in [2.45, 2.75) is 45.8 Å². The van der Waals surface area contributed by atoms with Crippen LogP contribution in [0.1, 0.15) is 30.5 Å². The van der Waals surface area contributed by atoms with Crippen molar-refractivity contribution in [2.75, 3.05) is 31.3 Å². The van der Waals surface area contributed by atoms with Gasteiger partial charge in [0.15, 0.2) is 0 Å². The van der Waals surface area contributed by atoms with Gasteiger partial charge in [-0.2, -0.15) is 0 Å². The Bertz CT molecular complexity index is 1440. The van der Waals surface area contributed by atoms with Crippen molar-refractivity contribution in [1.29, 1.82) is 0 Å². The highest BCUT2D eigenvalue weighted by molar-refractivity contribution is 7.92. The van der Waals surface area contributed by atoms with Crippen molar-refractivity contribution >= 4 is 27.5 Å². The van der Waals surface area contributed by atoms with Gasteiger partial charge in [0.05, 0.1) is 26.2 Å². The summed E-state index contributed by atoms with van der Waals surface area (Å²) >= 11 is 0. The van der Waals surface area contributed by atoms with Crippen molar-refractivity contribution < 1.29 is 27.5 Å². The fourth-order valence-electron chi connectivity index (χ4n) is 4.53. The second-order valence-corrected chi connectivity index (χ2v) is 12.1. The van der Waals surface area contributed by atoms with E-state index in [0.29, 0.717) is 5.75 Å². The molecule has 1 atom stereocenters. The Kier molecular flexibility index (Phi) is 10.8. The third-order valence-electron chi connectivity index (χ3n) is 6.47. The fraction of sp³-hybridized carbons (Fsp3) is 0.355. The van der Waals surface area contributed by atoms with Crippen molar-refractivity contribution in [3.05, 3.63) is 89.5 Å². The van der Waals surface area contributed by atoms with Gasteiger partial charge < -0.3 is 19.7 Å². The molecule has 0 aliphatic carbocycles. The van der Waals surface area contributed by atoms with Gasteiger partial charge in [-0.3, -0.25) is 13.9 Å². The molecule has 0 aromatic heterocycles. The van der Waals surface area contributed by atoms with E-state index in [9.17, 15) is 18.0 Å². The van der Waals surface area contributed by atoms with Crippen LogP contribution >= 0.6 is 0 Å². The quantitative estimate of drug-likeness (QED) is 0.328. The summed E-state index contributed by atoms with van der Waals surface area (Å²) < 4.78 is 37.8. The van der Waals surface area contributed by atoms with Crippen LogP contribution in [0.25, 0.3) is 0 Å². The lowest BCUT2D eigenvalue weighted by molar-refractivity contribution is -0.140. The number of aryl methyl sites for hydroxylation is 1. The molecule has 220 valence electrons. The molecule has 0 aliphatic heterocycles. The number of carbonyl (C=O) groups excluding carboxylic acids is 2. The molecule has 0 saturated heterocycles. The van der Waals surface area contributed by atoms with Gasteiger partial charge >= 0.3 is 0 Å². The zero-order valence-corrected chi connectivity index (χ0v) is 25.3. The molecule has 0 spiro atoms. The Morgan fingerprint density at radius 2 is 1.59 bits per heavy atom. The number of nitrogens with zero attached hydrogens (tertiary/aromatic N) is 2. The molecule has 0 bridgehead atoms. The first-order valence-corrected chi connectivity index (χ1v) is 15.2. The van der Waals surface area contributed by atoms with E-state index in [1.807, 2.05) is 75.4 Å². The topological polar surface area (TPSA) is 105 Å². The van der Waals surface area contributed by atoms with Gasteiger partial charge in [-0.15, -0.1) is 0 Å². The number of carbonyl (C=O) groups is 2. The van der Waals surface area contributed by atoms with Gasteiger partial charge in [0.25, 0.3) is 0 Å². The molecule has 0 radical (unpaired) electrons. The van der Waals surface area contributed by atoms with Crippen LogP contribution in [0.2, 0.25) is 0 Å². The van der Waals surface area contributed by atoms with Crippen molar-refractivity contribution in [1.82, 2.24) is 10.2 Å². The number of nitrogens with one attached hydrogen (secondary N) is 1. The average molecular weight is 582 g/mol. The van der Waals surface area contributed by atoms with Crippen LogP contribution in [-0.2, 0) is 32.6 Å². The molecule has 1 N–H and O–H groups in total. The minimum absolute atomic E-state index is 0.112. The predicted octanol–water partition coefficient (Wildman–Crippen LogP) is 3.94. The number of rotatable bonds is 13. The molecule has 0 unspecified atom stereocenters. The minimum atomic E-state index is -3.94. The molecular formula is C31H39N3O6S. The smallest absolute Gasteiger partial charge is 0.244 e. The van der Waals surface area contributed by atoms with Gasteiger partial charge in [0, 0.05) is 25.1 Å². The lowest BCUT2D eigenvalue weighted by atomic mass is 10.0. The molecule has 2 amide bonds. The molecule has 0 heterocycles. The monoisotopic (exact) mass is 581 g/mol. The van der Waals surface area contributed by atoms with Gasteiger partial charge in [-0.1, -0.05) is 60.2 Å². The Morgan fingerprint density at radius 3 is 2.17 bits per heavy atom. The van der Waals surface area contributed by atoms with Crippen LogP contribution < -0.4 is 19.1 Å². The highest BCUT2D eigenvalue weighted by Crippen LogP contribution is 2.33. The van der Waals surface area contributed by atoms with E-state index in [1.54, 1.807) is 12.1 Å². The Labute approximate surface area is 243 Å². The maximum absolute atomic E-state index is 14.2. The van der Waals surface area contributed by atoms with E-state index < -0.39 is 28.5 Å². The SMILES string of the molecule is COc1ccc(N(CC(=O)N(Cc2cccc(C)c2)[C@H](Cc2ccccc2)C(=O)NC(C)C)S(C)(=O)=O)c(OC)c1. The highest BCUT2D eigenvalue weighted by atomic mass is 32.2. The van der Waals surface area contributed by atoms with Gasteiger partial charge in [-0.05, 0) is 44.0 Å². The predicted molar refractivity (Wildman–Crippen MR) is 161 cm³/mol. The summed E-state index contributed by atoms with van der Waals surface area (Å²) in [6.45, 7) is 5.23. The molecule has 9 nitrogen and oxygen atoms in total. The minimum Gasteiger partial charge on any atom is -0.497 e. The van der Waals surface area contributed by atoms with Crippen LogP contribution in [-0.4, -0.2) is 64.2 Å². The number of sulfonamides is 1. The van der Waals surface area contributed by atoms with Gasteiger partial charge in [0.2, 0.25) is 21.8 Å². The molecule has 0 fully saturated rings. The summed E-state index contributed by atoms with van der Waals surface area (Å²) in [5, 5.41) is 2.94. The standard InChI is InChI=1S/C31H39N3O6S/c1-22(2)32-31(36)28(18-24-12-8-7-9-13-24)33(20-25-14-10-11-23(3)17-25)30(35)21-34(41(6,37)38)27-16-15-26(39-4)19-29(27)40-5/h7-17,19,22,28H,18,20-21H2,1-6H3,(H,32,36)/t28-/m1/s1. The second kappa shape index (κ2) is 14.0. The summed E-state index contributed by atoms with van der Waals surface area (Å²) in [7, 11) is -1.03. The number of anilines is 1. The zero-order valence-electron chi connectivity index (χ0n) is 24.5. The summed E-state index contributed by atoms with van der Waals surface area (Å²) in [5.41, 5.74) is 2.88. The van der Waals surface area contributed by atoms with E-state index in [0.717, 1.165) is 27.3 Å². The number of amides is 2. The van der Waals surface area contributed by atoms with Gasteiger partial charge in [-0.25, -0.2) is 8.42 Å². The van der Waals surface area contributed by atoms with E-state index in [-0.39, 0.29) is 36.4 Å². The average Bonchev–Trinajstić information content (AvgIpc) is 2.92. The first kappa shape index (κ1) is 31.5. The lowest BCUT2D eigenvalue weighted by Gasteiger charge is -2.34. The lowest BCUT2D eigenvalue weighted by Crippen LogP contribution is -2.54. The molecule has 3 rings (SSSR count). The number of hydrogen-bond acceptors (Lipinski definition) is 6. The van der Waals surface area contributed by atoms with Crippen molar-refractivity contribution in [2.24, 2.45) is 0 Å². The third-order valence-corrected chi connectivity index (χ3v) is 7.60. The van der Waals surface area contributed by atoms with Crippen LogP contribution in [0.5, 0.6) is 11.5 Å². The third kappa shape index (κ3) is 8.72. The van der Waals surface area contributed by atoms with E-state index in [1.165, 1.54) is 25.2 Å². The summed E-state index contributed by atoms with van der Waals surface area (Å²) in [6, 6.07) is 20.7. The van der Waals surface area contributed by atoms with Crippen LogP contribution in [0.15, 0.2) is 72.8 Å². The van der Waals surface area contributed by atoms with Crippen molar-refractivity contribution in [3.8, 4) is 11.5 Å². The molecule has 0 saturated carbocycles. The molecule has 0 aliphatic rings. The fourth-order valence-corrected chi connectivity index (χ4v) is 5.38. The summed E-state index contributed by atoms with van der Waals surface area (Å²) in [6.07, 6.45) is 1.28. The second-order valence-electron chi connectivity index (χ2n) is 10.2. The molecule has 10 heteroatoms. The van der Waals surface area contributed by atoms with Crippen molar-refractivity contribution in [3.63, 3.8) is 0 Å². The highest BCUT2D eigenvalue weighted by Gasteiger charge is 2.34. The van der Waals surface area contributed by atoms with Crippen LogP contribution in [0.3, 0.4) is 0 Å². The summed E-state index contributed by atoms with van der Waals surface area (Å²) in [4.78, 5) is 29.3. The maximum Gasteiger partial charge on any atom is 0.244 e. The largest absolute Gasteiger partial charge is 0.497 e. The zero-order chi connectivity index (χ0) is 30.2. The number of hydrogen-bond donors (Lipinski definition) is 1. The normalized spacial score (nSPS) is 12.0. The van der Waals surface area contributed by atoms with Crippen LogP contribution in [0.4, 0.5) is 5.69 Å². The van der Waals surface area contributed by atoms with Crippen LogP contribution in [0, 0.1) is 6.92 Å².